The van der Waals surface area contributed by atoms with Crippen LogP contribution < -0.4 is 10.1 Å². The van der Waals surface area contributed by atoms with E-state index < -0.39 is 0 Å². The van der Waals surface area contributed by atoms with Crippen molar-refractivity contribution in [2.75, 3.05) is 33.8 Å². The molecule has 0 aliphatic carbocycles. The summed E-state index contributed by atoms with van der Waals surface area (Å²) in [6.07, 6.45) is 2.56. The van der Waals surface area contributed by atoms with E-state index in [1.165, 1.54) is 31.5 Å². The number of aryl methyl sites for hydroxylation is 2. The molecule has 1 aliphatic rings. The standard InChI is InChI=1S/C14H26N4O.ClH/c1-11-13(14(19-4)17(3)16-11)10-18-7-5-12(6-8-18)9-15-2;/h12,15H,5-10H2,1-4H3;1H. The minimum Gasteiger partial charge on any atom is -0.481 e. The molecule has 1 saturated heterocycles. The van der Waals surface area contributed by atoms with Crippen LogP contribution in [0.4, 0.5) is 0 Å². The van der Waals surface area contributed by atoms with Crippen molar-refractivity contribution in [3.8, 4) is 5.88 Å². The predicted octanol–water partition coefficient (Wildman–Crippen LogP) is 1.59. The summed E-state index contributed by atoms with van der Waals surface area (Å²) in [6.45, 7) is 6.50. The highest BCUT2D eigenvalue weighted by Gasteiger charge is 2.22. The molecular formula is C14H27ClN4O. The Bertz CT molecular complexity index is 414. The maximum atomic E-state index is 5.46. The molecule has 0 saturated carbocycles. The highest BCUT2D eigenvalue weighted by atomic mass is 35.5. The number of methoxy groups -OCH3 is 1. The molecule has 116 valence electrons. The Labute approximate surface area is 128 Å². The molecule has 1 aromatic rings. The maximum absolute atomic E-state index is 5.46. The van der Waals surface area contributed by atoms with E-state index >= 15 is 0 Å². The van der Waals surface area contributed by atoms with Crippen LogP contribution in [-0.2, 0) is 13.6 Å². The van der Waals surface area contributed by atoms with Crippen molar-refractivity contribution < 1.29 is 4.74 Å². The van der Waals surface area contributed by atoms with Crippen LogP contribution >= 0.6 is 12.4 Å². The summed E-state index contributed by atoms with van der Waals surface area (Å²) in [4.78, 5) is 2.51. The lowest BCUT2D eigenvalue weighted by atomic mass is 9.96. The van der Waals surface area contributed by atoms with Crippen molar-refractivity contribution in [1.29, 1.82) is 0 Å². The van der Waals surface area contributed by atoms with Gasteiger partial charge in [-0.05, 0) is 52.4 Å². The Morgan fingerprint density at radius 1 is 1.35 bits per heavy atom. The molecule has 0 amide bonds. The maximum Gasteiger partial charge on any atom is 0.216 e. The minimum atomic E-state index is 0. The topological polar surface area (TPSA) is 42.3 Å². The van der Waals surface area contributed by atoms with Gasteiger partial charge >= 0.3 is 0 Å². The van der Waals surface area contributed by atoms with Gasteiger partial charge in [-0.15, -0.1) is 12.4 Å². The van der Waals surface area contributed by atoms with E-state index in [9.17, 15) is 0 Å². The fourth-order valence-corrected chi connectivity index (χ4v) is 2.98. The van der Waals surface area contributed by atoms with Crippen LogP contribution in [0.3, 0.4) is 0 Å². The summed E-state index contributed by atoms with van der Waals surface area (Å²) < 4.78 is 7.29. The molecule has 2 rings (SSSR count). The van der Waals surface area contributed by atoms with E-state index in [0.29, 0.717) is 0 Å². The Morgan fingerprint density at radius 3 is 2.55 bits per heavy atom. The van der Waals surface area contributed by atoms with Crippen LogP contribution in [-0.4, -0.2) is 48.5 Å². The third kappa shape index (κ3) is 3.87. The zero-order valence-electron chi connectivity index (χ0n) is 13.0. The normalized spacial score (nSPS) is 17.0. The van der Waals surface area contributed by atoms with Crippen LogP contribution in [0.25, 0.3) is 0 Å². The lowest BCUT2D eigenvalue weighted by molar-refractivity contribution is 0.174. The number of piperidine rings is 1. The Balaban J connectivity index is 0.00000200. The molecule has 0 spiro atoms. The summed E-state index contributed by atoms with van der Waals surface area (Å²) >= 11 is 0. The third-order valence-electron chi connectivity index (χ3n) is 4.06. The second kappa shape index (κ2) is 7.86. The average molecular weight is 303 g/mol. The number of likely N-dealkylation sites (tertiary alicyclic amines) is 1. The molecular weight excluding hydrogens is 276 g/mol. The lowest BCUT2D eigenvalue weighted by Gasteiger charge is -2.31. The summed E-state index contributed by atoms with van der Waals surface area (Å²) in [5, 5.41) is 7.73. The highest BCUT2D eigenvalue weighted by molar-refractivity contribution is 5.85. The number of aromatic nitrogens is 2. The first-order valence-electron chi connectivity index (χ1n) is 7.09. The predicted molar refractivity (Wildman–Crippen MR) is 83.7 cm³/mol. The molecule has 0 bridgehead atoms. The zero-order valence-corrected chi connectivity index (χ0v) is 13.8. The van der Waals surface area contributed by atoms with Gasteiger partial charge in [0.05, 0.1) is 18.4 Å². The molecule has 0 radical (unpaired) electrons. The Hall–Kier alpha value is -0.780. The largest absolute Gasteiger partial charge is 0.481 e. The molecule has 0 atom stereocenters. The van der Waals surface area contributed by atoms with E-state index in [4.69, 9.17) is 4.74 Å². The van der Waals surface area contributed by atoms with E-state index in [0.717, 1.165) is 30.6 Å². The van der Waals surface area contributed by atoms with Crippen LogP contribution in [0.1, 0.15) is 24.1 Å². The number of hydrogen-bond acceptors (Lipinski definition) is 4. The second-order valence-electron chi connectivity index (χ2n) is 5.47. The smallest absolute Gasteiger partial charge is 0.216 e. The molecule has 0 unspecified atom stereocenters. The molecule has 20 heavy (non-hydrogen) atoms. The molecule has 1 aliphatic heterocycles. The fourth-order valence-electron chi connectivity index (χ4n) is 2.98. The summed E-state index contributed by atoms with van der Waals surface area (Å²) in [5.74, 6) is 1.73. The van der Waals surface area contributed by atoms with Crippen LogP contribution in [0.2, 0.25) is 0 Å². The zero-order chi connectivity index (χ0) is 13.8. The van der Waals surface area contributed by atoms with Gasteiger partial charge in [-0.25, -0.2) is 4.68 Å². The number of hydrogen-bond donors (Lipinski definition) is 1. The summed E-state index contributed by atoms with van der Waals surface area (Å²) in [5.41, 5.74) is 2.31. The van der Waals surface area contributed by atoms with Crippen molar-refractivity contribution in [1.82, 2.24) is 20.0 Å². The minimum absolute atomic E-state index is 0. The molecule has 0 aromatic carbocycles. The van der Waals surface area contributed by atoms with Gasteiger partial charge in [-0.1, -0.05) is 0 Å². The van der Waals surface area contributed by atoms with Gasteiger partial charge in [0, 0.05) is 13.6 Å². The van der Waals surface area contributed by atoms with E-state index in [1.807, 2.05) is 18.8 Å². The van der Waals surface area contributed by atoms with Crippen LogP contribution in [0, 0.1) is 12.8 Å². The second-order valence-corrected chi connectivity index (χ2v) is 5.47. The summed E-state index contributed by atoms with van der Waals surface area (Å²) in [6, 6.07) is 0. The average Bonchev–Trinajstić information content (AvgIpc) is 2.66. The van der Waals surface area contributed by atoms with Crippen molar-refractivity contribution in [3.63, 3.8) is 0 Å². The van der Waals surface area contributed by atoms with Gasteiger partial charge < -0.3 is 10.1 Å². The Morgan fingerprint density at radius 2 is 2.00 bits per heavy atom. The molecule has 5 nitrogen and oxygen atoms in total. The first-order chi connectivity index (χ1) is 9.15. The molecule has 2 heterocycles. The molecule has 6 heteroatoms. The van der Waals surface area contributed by atoms with Gasteiger partial charge in [0.25, 0.3) is 0 Å². The quantitative estimate of drug-likeness (QED) is 0.897. The fraction of sp³-hybridized carbons (Fsp3) is 0.786. The first-order valence-corrected chi connectivity index (χ1v) is 7.09. The van der Waals surface area contributed by atoms with Gasteiger partial charge in [-0.2, -0.15) is 5.10 Å². The number of nitrogens with one attached hydrogen (secondary N) is 1. The van der Waals surface area contributed by atoms with E-state index in [-0.39, 0.29) is 12.4 Å². The van der Waals surface area contributed by atoms with Crippen molar-refractivity contribution in [2.24, 2.45) is 13.0 Å². The molecule has 1 aromatic heterocycles. The van der Waals surface area contributed by atoms with Crippen molar-refractivity contribution in [3.05, 3.63) is 11.3 Å². The number of rotatable bonds is 5. The number of ether oxygens (including phenoxy) is 1. The monoisotopic (exact) mass is 302 g/mol. The lowest BCUT2D eigenvalue weighted by Crippen LogP contribution is -2.36. The Kier molecular flexibility index (Phi) is 6.79. The SMILES string of the molecule is CNCC1CCN(Cc2c(C)nn(C)c2OC)CC1.Cl. The van der Waals surface area contributed by atoms with Crippen LogP contribution in [0.5, 0.6) is 5.88 Å². The van der Waals surface area contributed by atoms with Gasteiger partial charge in [0.2, 0.25) is 5.88 Å². The van der Waals surface area contributed by atoms with Gasteiger partial charge in [-0.3, -0.25) is 4.90 Å². The van der Waals surface area contributed by atoms with Crippen LogP contribution in [0.15, 0.2) is 0 Å². The van der Waals surface area contributed by atoms with Crippen molar-refractivity contribution in [2.45, 2.75) is 26.3 Å². The third-order valence-corrected chi connectivity index (χ3v) is 4.06. The summed E-state index contributed by atoms with van der Waals surface area (Å²) in [7, 11) is 5.70. The van der Waals surface area contributed by atoms with Crippen molar-refractivity contribution >= 4 is 12.4 Å². The van der Waals surface area contributed by atoms with Gasteiger partial charge in [0.1, 0.15) is 0 Å². The van der Waals surface area contributed by atoms with Gasteiger partial charge in [0.15, 0.2) is 0 Å². The number of halogens is 1. The van der Waals surface area contributed by atoms with E-state index in [1.54, 1.807) is 7.11 Å². The number of nitrogens with zero attached hydrogens (tertiary/aromatic N) is 3. The highest BCUT2D eigenvalue weighted by Crippen LogP contribution is 2.25. The first kappa shape index (κ1) is 17.3. The molecule has 1 fully saturated rings. The molecule has 1 N–H and O–H groups in total. The van der Waals surface area contributed by atoms with E-state index in [2.05, 4.69) is 22.2 Å².